The number of hydrogen-bond donors (Lipinski definition) is 2. The van der Waals surface area contributed by atoms with E-state index < -0.39 is 0 Å². The summed E-state index contributed by atoms with van der Waals surface area (Å²) >= 11 is 6.75. The highest BCUT2D eigenvalue weighted by Crippen LogP contribution is 2.23. The lowest BCUT2D eigenvalue weighted by atomic mass is 10.1. The number of fused-ring (bicyclic) bond motifs is 2. The summed E-state index contributed by atoms with van der Waals surface area (Å²) in [5.41, 5.74) is 0. The Balaban J connectivity index is 0.000000141. The molecule has 0 aliphatic carbocycles. The minimum absolute atomic E-state index is 0.185. The Kier molecular flexibility index (Phi) is 5.07. The summed E-state index contributed by atoms with van der Waals surface area (Å²) in [5, 5.41) is 22.3. The van der Waals surface area contributed by atoms with E-state index in [0.29, 0.717) is 0 Å². The van der Waals surface area contributed by atoms with Crippen molar-refractivity contribution in [2.24, 2.45) is 0 Å². The maximum Gasteiger partial charge on any atom is 0.124 e. The van der Waals surface area contributed by atoms with E-state index in [2.05, 4.69) is 44.0 Å². The Labute approximate surface area is 156 Å². The van der Waals surface area contributed by atoms with Crippen LogP contribution in [0.5, 0.6) is 11.5 Å². The fourth-order valence-corrected chi connectivity index (χ4v) is 3.02. The number of phenolic OH excluding ortho intramolecular Hbond substituents is 2. The molecule has 0 aromatic heterocycles. The summed E-state index contributed by atoms with van der Waals surface area (Å²) in [5.74, 6) is 0.370. The number of benzene rings is 4. The van der Waals surface area contributed by atoms with Crippen molar-refractivity contribution in [1.29, 1.82) is 0 Å². The van der Waals surface area contributed by atoms with Gasteiger partial charge in [-0.15, -0.1) is 0 Å². The van der Waals surface area contributed by atoms with Gasteiger partial charge in [-0.1, -0.05) is 56.1 Å². The molecule has 2 radical (unpaired) electrons. The number of hydrogen-bond acceptors (Lipinski definition) is 2. The second-order valence-corrected chi connectivity index (χ2v) is 6.98. The highest BCUT2D eigenvalue weighted by atomic mass is 79.9. The van der Waals surface area contributed by atoms with E-state index in [1.54, 1.807) is 12.1 Å². The van der Waals surface area contributed by atoms with Gasteiger partial charge in [0.2, 0.25) is 0 Å². The highest BCUT2D eigenvalue weighted by molar-refractivity contribution is 9.10. The Morgan fingerprint density at radius 1 is 0.583 bits per heavy atom. The fourth-order valence-electron chi connectivity index (χ4n) is 2.27. The van der Waals surface area contributed by atoms with Crippen LogP contribution in [0.25, 0.3) is 21.5 Å². The third-order valence-corrected chi connectivity index (χ3v) is 4.38. The van der Waals surface area contributed by atoms with Crippen LogP contribution < -0.4 is 0 Å². The predicted molar refractivity (Wildman–Crippen MR) is 104 cm³/mol. The van der Waals surface area contributed by atoms with E-state index in [1.807, 2.05) is 48.5 Å². The van der Waals surface area contributed by atoms with Gasteiger partial charge in [0.15, 0.2) is 0 Å². The van der Waals surface area contributed by atoms with Gasteiger partial charge in [-0.25, -0.2) is 0 Å². The maximum absolute atomic E-state index is 9.13. The number of phenols is 2. The number of aromatic hydroxyl groups is 2. The van der Waals surface area contributed by atoms with E-state index in [0.717, 1.165) is 30.5 Å². The smallest absolute Gasteiger partial charge is 0.124 e. The fraction of sp³-hybridized carbons (Fsp3) is 0. The Morgan fingerprint density at radius 2 is 1.00 bits per heavy atom. The van der Waals surface area contributed by atoms with Gasteiger partial charge in [0.25, 0.3) is 0 Å². The molecule has 2 N–H and O–H groups in total. The summed E-state index contributed by atoms with van der Waals surface area (Å²) in [4.78, 5) is 0. The summed E-state index contributed by atoms with van der Waals surface area (Å²) < 4.78 is 2.07. The predicted octanol–water partition coefficient (Wildman–Crippen LogP) is 6.22. The van der Waals surface area contributed by atoms with Gasteiger partial charge in [-0.3, -0.25) is 0 Å². The zero-order chi connectivity index (χ0) is 17.1. The minimum atomic E-state index is 0.185. The van der Waals surface area contributed by atoms with Crippen molar-refractivity contribution in [2.75, 3.05) is 0 Å². The van der Waals surface area contributed by atoms with E-state index in [4.69, 9.17) is 10.2 Å². The molecule has 118 valence electrons. The van der Waals surface area contributed by atoms with Crippen LogP contribution in [0.15, 0.2) is 69.6 Å². The molecule has 0 bridgehead atoms. The van der Waals surface area contributed by atoms with Crippen LogP contribution in [0.3, 0.4) is 0 Å². The third-order valence-electron chi connectivity index (χ3n) is 3.39. The van der Waals surface area contributed by atoms with Gasteiger partial charge in [0, 0.05) is 21.1 Å². The van der Waals surface area contributed by atoms with Crippen molar-refractivity contribution < 1.29 is 10.2 Å². The molecule has 0 saturated heterocycles. The van der Waals surface area contributed by atoms with Crippen LogP contribution >= 0.6 is 31.9 Å². The van der Waals surface area contributed by atoms with Gasteiger partial charge in [0.05, 0.1) is 0 Å². The molecule has 4 rings (SSSR count). The van der Waals surface area contributed by atoms with E-state index >= 15 is 0 Å². The zero-order valence-electron chi connectivity index (χ0n) is 12.4. The average molecular weight is 444 g/mol. The summed E-state index contributed by atoms with van der Waals surface area (Å²) in [6.45, 7) is 0. The molecule has 0 aliphatic rings. The van der Waals surface area contributed by atoms with Crippen molar-refractivity contribution in [3.63, 3.8) is 0 Å². The monoisotopic (exact) mass is 442 g/mol. The molecule has 0 aliphatic heterocycles. The molecular formula is C20H12Br2O2. The minimum Gasteiger partial charge on any atom is -0.507 e. The molecule has 0 amide bonds. The van der Waals surface area contributed by atoms with Crippen molar-refractivity contribution in [3.8, 4) is 11.5 Å². The van der Waals surface area contributed by atoms with Crippen LogP contribution in [0.1, 0.15) is 0 Å². The van der Waals surface area contributed by atoms with Crippen molar-refractivity contribution >= 4 is 53.4 Å². The lowest BCUT2D eigenvalue weighted by molar-refractivity contribution is 0.474. The van der Waals surface area contributed by atoms with Crippen molar-refractivity contribution in [1.82, 2.24) is 0 Å². The van der Waals surface area contributed by atoms with Gasteiger partial charge >= 0.3 is 0 Å². The largest absolute Gasteiger partial charge is 0.507 e. The molecule has 4 heteroatoms. The Hall–Kier alpha value is -2.04. The van der Waals surface area contributed by atoms with Gasteiger partial charge in [0.1, 0.15) is 11.5 Å². The molecule has 0 saturated carbocycles. The number of halogens is 2. The first-order valence-corrected chi connectivity index (χ1v) is 8.71. The van der Waals surface area contributed by atoms with Crippen LogP contribution in [0.4, 0.5) is 0 Å². The van der Waals surface area contributed by atoms with Crippen molar-refractivity contribution in [3.05, 3.63) is 81.7 Å². The summed E-state index contributed by atoms with van der Waals surface area (Å²) in [6.07, 6.45) is 0. The second-order valence-electron chi connectivity index (χ2n) is 5.15. The van der Waals surface area contributed by atoms with Crippen LogP contribution in [0, 0.1) is 12.1 Å². The highest BCUT2D eigenvalue weighted by Gasteiger charge is 1.96. The normalized spacial score (nSPS) is 10.4. The Bertz CT molecular complexity index is 847. The lowest BCUT2D eigenvalue weighted by Gasteiger charge is -1.97. The molecular weight excluding hydrogens is 432 g/mol. The van der Waals surface area contributed by atoms with E-state index in [9.17, 15) is 0 Å². The first kappa shape index (κ1) is 16.8. The maximum atomic E-state index is 9.13. The van der Waals surface area contributed by atoms with Crippen LogP contribution in [-0.4, -0.2) is 10.2 Å². The zero-order valence-corrected chi connectivity index (χ0v) is 15.6. The topological polar surface area (TPSA) is 40.5 Å². The van der Waals surface area contributed by atoms with E-state index in [-0.39, 0.29) is 11.5 Å². The standard InChI is InChI=1S/2C10H6BrO/c2*11-9-3-1-8-6-10(12)4-2-7(8)5-9/h2*1-5,12H. The SMILES string of the molecule is Oc1[c]c2ccc(Br)cc2cc1.Oc1[c]c2ccc(Br)cc2cc1. The first-order chi connectivity index (χ1) is 11.5. The van der Waals surface area contributed by atoms with Gasteiger partial charge in [-0.05, 0) is 57.9 Å². The third kappa shape index (κ3) is 4.08. The number of rotatable bonds is 0. The molecule has 0 atom stereocenters. The summed E-state index contributed by atoms with van der Waals surface area (Å²) in [7, 11) is 0. The van der Waals surface area contributed by atoms with Crippen LogP contribution in [-0.2, 0) is 0 Å². The lowest BCUT2D eigenvalue weighted by Crippen LogP contribution is -1.72. The molecule has 0 fully saturated rings. The Morgan fingerprint density at radius 3 is 1.42 bits per heavy atom. The van der Waals surface area contributed by atoms with Crippen molar-refractivity contribution in [2.45, 2.75) is 0 Å². The first-order valence-electron chi connectivity index (χ1n) is 7.12. The van der Waals surface area contributed by atoms with E-state index in [1.165, 1.54) is 0 Å². The molecule has 2 nitrogen and oxygen atoms in total. The molecule has 4 aromatic carbocycles. The average Bonchev–Trinajstić information content (AvgIpc) is 2.56. The second kappa shape index (κ2) is 7.24. The van der Waals surface area contributed by atoms with Gasteiger partial charge in [-0.2, -0.15) is 0 Å². The molecule has 4 aromatic rings. The molecule has 0 heterocycles. The summed E-state index contributed by atoms with van der Waals surface area (Å²) in [6, 6.07) is 24.4. The quantitative estimate of drug-likeness (QED) is 0.339. The molecule has 0 unspecified atom stereocenters. The van der Waals surface area contributed by atoms with Gasteiger partial charge < -0.3 is 10.2 Å². The molecule has 24 heavy (non-hydrogen) atoms. The molecule has 0 spiro atoms. The van der Waals surface area contributed by atoms with Crippen LogP contribution in [0.2, 0.25) is 0 Å².